The fourth-order valence-electron chi connectivity index (χ4n) is 0.590. The minimum absolute atomic E-state index is 0.710. The fraction of sp³-hybridized carbons (Fsp3) is 0.286. The highest BCUT2D eigenvalue weighted by Crippen LogP contribution is 2.05. The third kappa shape index (κ3) is 1.12. The molecule has 0 saturated carbocycles. The van der Waals surface area contributed by atoms with E-state index in [1.807, 2.05) is 18.2 Å². The monoisotopic (exact) mass is 109 g/mol. The standard InChI is InChI=1S/C7H9O/c1-2-7-5-3-4-6-8-7/h3-5H,1-2,6H2. The van der Waals surface area contributed by atoms with E-state index in [1.165, 1.54) is 0 Å². The van der Waals surface area contributed by atoms with E-state index in [-0.39, 0.29) is 0 Å². The van der Waals surface area contributed by atoms with Gasteiger partial charge in [-0.1, -0.05) is 6.08 Å². The summed E-state index contributed by atoms with van der Waals surface area (Å²) in [5.74, 6) is 0.979. The number of hydrogen-bond donors (Lipinski definition) is 0. The van der Waals surface area contributed by atoms with Gasteiger partial charge in [0.1, 0.15) is 6.61 Å². The van der Waals surface area contributed by atoms with Gasteiger partial charge < -0.3 is 4.74 Å². The van der Waals surface area contributed by atoms with Gasteiger partial charge in [0.05, 0.1) is 5.76 Å². The molecule has 0 bridgehead atoms. The van der Waals surface area contributed by atoms with Gasteiger partial charge in [-0.2, -0.15) is 0 Å². The van der Waals surface area contributed by atoms with E-state index >= 15 is 0 Å². The third-order valence-electron chi connectivity index (χ3n) is 1.03. The fourth-order valence-corrected chi connectivity index (χ4v) is 0.590. The van der Waals surface area contributed by atoms with Gasteiger partial charge in [-0.05, 0) is 19.1 Å². The van der Waals surface area contributed by atoms with Crippen LogP contribution in [0.2, 0.25) is 0 Å². The maximum Gasteiger partial charge on any atom is 0.106 e. The lowest BCUT2D eigenvalue weighted by Gasteiger charge is -2.07. The van der Waals surface area contributed by atoms with Crippen molar-refractivity contribution in [3.05, 3.63) is 30.9 Å². The van der Waals surface area contributed by atoms with Crippen LogP contribution in [0.5, 0.6) is 0 Å². The zero-order valence-corrected chi connectivity index (χ0v) is 4.76. The van der Waals surface area contributed by atoms with Crippen LogP contribution in [-0.4, -0.2) is 6.61 Å². The summed E-state index contributed by atoms with van der Waals surface area (Å²) in [6, 6.07) is 0. The molecular weight excluding hydrogens is 100 g/mol. The SMILES string of the molecule is [CH2]CC1=CC=CCO1. The van der Waals surface area contributed by atoms with E-state index in [0.717, 1.165) is 12.2 Å². The lowest BCUT2D eigenvalue weighted by Crippen LogP contribution is -1.93. The van der Waals surface area contributed by atoms with Crippen molar-refractivity contribution in [3.8, 4) is 0 Å². The summed E-state index contributed by atoms with van der Waals surface area (Å²) in [6.07, 6.45) is 6.66. The van der Waals surface area contributed by atoms with Crippen LogP contribution in [0.25, 0.3) is 0 Å². The summed E-state index contributed by atoms with van der Waals surface area (Å²) in [5, 5.41) is 0. The molecule has 1 radical (unpaired) electrons. The molecular formula is C7H9O. The number of ether oxygens (including phenoxy) is 1. The van der Waals surface area contributed by atoms with Crippen molar-refractivity contribution in [2.45, 2.75) is 6.42 Å². The van der Waals surface area contributed by atoms with Crippen molar-refractivity contribution >= 4 is 0 Å². The molecule has 1 rings (SSSR count). The Balaban J connectivity index is 2.50. The van der Waals surface area contributed by atoms with E-state index in [1.54, 1.807) is 0 Å². The molecule has 43 valence electrons. The van der Waals surface area contributed by atoms with Crippen molar-refractivity contribution in [2.75, 3.05) is 6.61 Å². The predicted molar refractivity (Wildman–Crippen MR) is 33.1 cm³/mol. The van der Waals surface area contributed by atoms with Gasteiger partial charge >= 0.3 is 0 Å². The number of allylic oxidation sites excluding steroid dienone is 3. The second-order valence-corrected chi connectivity index (χ2v) is 1.62. The molecule has 1 aliphatic rings. The van der Waals surface area contributed by atoms with Crippen LogP contribution in [-0.2, 0) is 4.74 Å². The molecule has 0 aromatic rings. The summed E-state index contributed by atoms with van der Waals surface area (Å²) in [7, 11) is 0. The molecule has 0 amide bonds. The smallest absolute Gasteiger partial charge is 0.106 e. The van der Waals surface area contributed by atoms with Crippen molar-refractivity contribution < 1.29 is 4.74 Å². The van der Waals surface area contributed by atoms with Crippen molar-refractivity contribution in [1.29, 1.82) is 0 Å². The van der Waals surface area contributed by atoms with Gasteiger partial charge in [-0.15, -0.1) is 0 Å². The molecule has 8 heavy (non-hydrogen) atoms. The molecule has 1 heteroatoms. The Morgan fingerprint density at radius 1 is 1.75 bits per heavy atom. The normalized spacial score (nSPS) is 17.4. The average Bonchev–Trinajstić information content (AvgIpc) is 1.90. The van der Waals surface area contributed by atoms with E-state index in [0.29, 0.717) is 6.61 Å². The summed E-state index contributed by atoms with van der Waals surface area (Å²) in [4.78, 5) is 0. The van der Waals surface area contributed by atoms with Gasteiger partial charge in [0.2, 0.25) is 0 Å². The second-order valence-electron chi connectivity index (χ2n) is 1.62. The highest BCUT2D eigenvalue weighted by atomic mass is 16.5. The van der Waals surface area contributed by atoms with Gasteiger partial charge in [0, 0.05) is 6.42 Å². The number of hydrogen-bond acceptors (Lipinski definition) is 1. The van der Waals surface area contributed by atoms with Crippen LogP contribution in [0.3, 0.4) is 0 Å². The highest BCUT2D eigenvalue weighted by Gasteiger charge is 1.93. The quantitative estimate of drug-likeness (QED) is 0.497. The Morgan fingerprint density at radius 2 is 2.62 bits per heavy atom. The first-order chi connectivity index (χ1) is 3.93. The maximum atomic E-state index is 5.14. The van der Waals surface area contributed by atoms with Crippen LogP contribution >= 0.6 is 0 Å². The van der Waals surface area contributed by atoms with Crippen LogP contribution in [0.4, 0.5) is 0 Å². The van der Waals surface area contributed by atoms with E-state index in [9.17, 15) is 0 Å². The molecule has 0 aromatic heterocycles. The largest absolute Gasteiger partial charge is 0.494 e. The Morgan fingerprint density at radius 3 is 3.00 bits per heavy atom. The highest BCUT2D eigenvalue weighted by molar-refractivity contribution is 5.11. The van der Waals surface area contributed by atoms with Crippen LogP contribution < -0.4 is 0 Å². The zero-order chi connectivity index (χ0) is 5.82. The van der Waals surface area contributed by atoms with E-state index in [4.69, 9.17) is 4.74 Å². The molecule has 0 spiro atoms. The first-order valence-electron chi connectivity index (χ1n) is 2.71. The Bertz CT molecular complexity index is 122. The van der Waals surface area contributed by atoms with Crippen molar-refractivity contribution in [1.82, 2.24) is 0 Å². The summed E-state index contributed by atoms with van der Waals surface area (Å²) < 4.78 is 5.14. The first-order valence-corrected chi connectivity index (χ1v) is 2.71. The summed E-state index contributed by atoms with van der Waals surface area (Å²) in [6.45, 7) is 4.39. The Labute approximate surface area is 49.7 Å². The molecule has 1 aliphatic heterocycles. The molecule has 0 aromatic carbocycles. The number of rotatable bonds is 1. The molecule has 0 aliphatic carbocycles. The third-order valence-corrected chi connectivity index (χ3v) is 1.03. The Kier molecular flexibility index (Phi) is 1.73. The molecule has 0 saturated heterocycles. The predicted octanol–water partition coefficient (Wildman–Crippen LogP) is 1.68. The van der Waals surface area contributed by atoms with Crippen LogP contribution in [0.15, 0.2) is 24.0 Å². The maximum absolute atomic E-state index is 5.14. The van der Waals surface area contributed by atoms with Gasteiger partial charge in [0.15, 0.2) is 0 Å². The minimum atomic E-state index is 0.710. The van der Waals surface area contributed by atoms with Crippen molar-refractivity contribution in [3.63, 3.8) is 0 Å². The topological polar surface area (TPSA) is 9.23 Å². The first kappa shape index (κ1) is 5.42. The summed E-state index contributed by atoms with van der Waals surface area (Å²) >= 11 is 0. The Hall–Kier alpha value is -0.720. The zero-order valence-electron chi connectivity index (χ0n) is 4.76. The minimum Gasteiger partial charge on any atom is -0.494 e. The molecule has 0 N–H and O–H groups in total. The lowest BCUT2D eigenvalue weighted by atomic mass is 10.3. The average molecular weight is 109 g/mol. The van der Waals surface area contributed by atoms with Crippen LogP contribution in [0.1, 0.15) is 6.42 Å². The molecule has 1 heterocycles. The van der Waals surface area contributed by atoms with Crippen molar-refractivity contribution in [2.24, 2.45) is 0 Å². The van der Waals surface area contributed by atoms with E-state index < -0.39 is 0 Å². The molecule has 1 nitrogen and oxygen atoms in total. The van der Waals surface area contributed by atoms with E-state index in [2.05, 4.69) is 6.92 Å². The molecule has 0 atom stereocenters. The van der Waals surface area contributed by atoms with Gasteiger partial charge in [-0.25, -0.2) is 0 Å². The summed E-state index contributed by atoms with van der Waals surface area (Å²) in [5.41, 5.74) is 0. The van der Waals surface area contributed by atoms with Crippen LogP contribution in [0, 0.1) is 6.92 Å². The van der Waals surface area contributed by atoms with Gasteiger partial charge in [0.25, 0.3) is 0 Å². The lowest BCUT2D eigenvalue weighted by molar-refractivity contribution is 0.238. The molecule has 0 fully saturated rings. The second kappa shape index (κ2) is 2.55. The molecule has 0 unspecified atom stereocenters. The van der Waals surface area contributed by atoms with Gasteiger partial charge in [-0.3, -0.25) is 0 Å².